The second-order valence-electron chi connectivity index (χ2n) is 6.66. The highest BCUT2D eigenvalue weighted by atomic mass is 31.2. The molecule has 0 bridgehead atoms. The van der Waals surface area contributed by atoms with Gasteiger partial charge in [-0.15, -0.1) is 0 Å². The summed E-state index contributed by atoms with van der Waals surface area (Å²) in [6.07, 6.45) is -0.177. The maximum absolute atomic E-state index is 6.05. The molecule has 1 atom stereocenters. The molecule has 6 heteroatoms. The molecule has 0 amide bonds. The third-order valence-corrected chi connectivity index (χ3v) is 9.21. The zero-order chi connectivity index (χ0) is 19.8. The summed E-state index contributed by atoms with van der Waals surface area (Å²) in [6.45, 7) is 0.730. The van der Waals surface area contributed by atoms with Crippen LogP contribution < -0.4 is 43.7 Å². The Hall–Kier alpha value is -2.11. The Morgan fingerprint density at radius 3 is 1.39 bits per heavy atom. The molecule has 0 saturated heterocycles. The summed E-state index contributed by atoms with van der Waals surface area (Å²) in [5, 5.41) is 10.3. The van der Waals surface area contributed by atoms with Crippen LogP contribution >= 0.6 is 7.26 Å². The van der Waals surface area contributed by atoms with Gasteiger partial charge in [-0.3, -0.25) is 10.6 Å². The van der Waals surface area contributed by atoms with Gasteiger partial charge in [-0.05, 0) is 36.4 Å². The van der Waals surface area contributed by atoms with Crippen molar-refractivity contribution < 1.29 is 0 Å². The van der Waals surface area contributed by atoms with Crippen molar-refractivity contribution in [2.45, 2.75) is 12.6 Å². The molecule has 0 aromatic heterocycles. The minimum Gasteiger partial charge on any atom is -0.304 e. The Balaban J connectivity index is 2.02. The van der Waals surface area contributed by atoms with Crippen LogP contribution in [0, 0.1) is 0 Å². The van der Waals surface area contributed by atoms with E-state index in [1.54, 1.807) is 0 Å². The van der Waals surface area contributed by atoms with E-state index in [0.717, 1.165) is 12.7 Å². The second kappa shape index (κ2) is 9.89. The van der Waals surface area contributed by atoms with E-state index >= 15 is 0 Å². The molecule has 3 aromatic rings. The van der Waals surface area contributed by atoms with E-state index in [4.69, 9.17) is 17.2 Å². The van der Waals surface area contributed by atoms with Gasteiger partial charge in [0.2, 0.25) is 0 Å². The predicted octanol–water partition coefficient (Wildman–Crippen LogP) is 0.603. The van der Waals surface area contributed by atoms with Crippen molar-refractivity contribution in [3.05, 3.63) is 91.0 Å². The Morgan fingerprint density at radius 2 is 1.04 bits per heavy atom. The summed E-state index contributed by atoms with van der Waals surface area (Å²) in [4.78, 5) is 0. The molecule has 0 radical (unpaired) electrons. The van der Waals surface area contributed by atoms with E-state index in [0.29, 0.717) is 0 Å². The Bertz CT molecular complexity index is 731. The van der Waals surface area contributed by atoms with Crippen molar-refractivity contribution in [2.24, 2.45) is 17.2 Å². The molecule has 8 N–H and O–H groups in total. The van der Waals surface area contributed by atoms with Gasteiger partial charge >= 0.3 is 0 Å². The standard InChI is InChI=1S/C22H29N5P/c23-21(24)27-22(25)26-16-17-28(18-10-4-1-5-11-18,19-12-6-2-7-13-19)20-14-8-3-9-15-20/h1-15,21-22,26-27H,16-17,23-25H2/q+1. The normalized spacial score (nSPS) is 12.9. The zero-order valence-corrected chi connectivity index (χ0v) is 16.8. The molecule has 0 fully saturated rings. The van der Waals surface area contributed by atoms with Gasteiger partial charge in [-0.25, -0.2) is 0 Å². The van der Waals surface area contributed by atoms with Crippen LogP contribution in [0.1, 0.15) is 0 Å². The van der Waals surface area contributed by atoms with Crippen LogP contribution in [-0.2, 0) is 0 Å². The maximum atomic E-state index is 6.05. The third kappa shape index (κ3) is 4.83. The first-order valence-corrected chi connectivity index (χ1v) is 11.4. The quantitative estimate of drug-likeness (QED) is 0.270. The fourth-order valence-corrected chi connectivity index (χ4v) is 7.71. The first kappa shape index (κ1) is 20.6. The van der Waals surface area contributed by atoms with Crippen molar-refractivity contribution >= 4 is 23.2 Å². The van der Waals surface area contributed by atoms with Crippen LogP contribution in [0.25, 0.3) is 0 Å². The largest absolute Gasteiger partial charge is 0.304 e. The van der Waals surface area contributed by atoms with E-state index in [9.17, 15) is 0 Å². The van der Waals surface area contributed by atoms with Crippen LogP contribution in [0.2, 0.25) is 0 Å². The van der Waals surface area contributed by atoms with Gasteiger partial charge < -0.3 is 17.2 Å². The van der Waals surface area contributed by atoms with Gasteiger partial charge in [0.25, 0.3) is 0 Å². The molecule has 0 aliphatic rings. The van der Waals surface area contributed by atoms with E-state index in [-0.39, 0.29) is 0 Å². The highest BCUT2D eigenvalue weighted by Gasteiger charge is 2.44. The molecule has 146 valence electrons. The zero-order valence-electron chi connectivity index (χ0n) is 15.9. The number of rotatable bonds is 9. The maximum Gasteiger partial charge on any atom is 0.113 e. The van der Waals surface area contributed by atoms with Crippen LogP contribution in [0.3, 0.4) is 0 Å². The molecular weight excluding hydrogens is 365 g/mol. The molecule has 0 aliphatic heterocycles. The topological polar surface area (TPSA) is 102 Å². The van der Waals surface area contributed by atoms with Gasteiger partial charge in [0.1, 0.15) is 35.8 Å². The molecule has 1 unspecified atom stereocenters. The molecule has 0 aliphatic carbocycles. The van der Waals surface area contributed by atoms with Crippen LogP contribution in [0.15, 0.2) is 91.0 Å². The fraction of sp³-hybridized carbons (Fsp3) is 0.182. The first-order chi connectivity index (χ1) is 13.6. The van der Waals surface area contributed by atoms with Gasteiger partial charge in [0.05, 0.1) is 6.16 Å². The second-order valence-corrected chi connectivity index (χ2v) is 10.3. The van der Waals surface area contributed by atoms with E-state index in [2.05, 4.69) is 102 Å². The molecule has 0 heterocycles. The molecule has 0 saturated carbocycles. The molecule has 3 rings (SSSR count). The Labute approximate surface area is 167 Å². The molecule has 5 nitrogen and oxygen atoms in total. The average Bonchev–Trinajstić information content (AvgIpc) is 2.73. The lowest BCUT2D eigenvalue weighted by Crippen LogP contribution is -2.59. The minimum absolute atomic E-state index is 0.454. The van der Waals surface area contributed by atoms with E-state index in [1.807, 2.05) is 0 Å². The van der Waals surface area contributed by atoms with Crippen molar-refractivity contribution in [3.8, 4) is 0 Å². The van der Waals surface area contributed by atoms with Gasteiger partial charge in [0.15, 0.2) is 0 Å². The van der Waals surface area contributed by atoms with Gasteiger partial charge in [-0.1, -0.05) is 54.6 Å². The molecular formula is C22H29N5P+. The summed E-state index contributed by atoms with van der Waals surface area (Å²) in [5.74, 6) is 0. The van der Waals surface area contributed by atoms with Gasteiger partial charge in [-0.2, -0.15) is 0 Å². The van der Waals surface area contributed by atoms with Crippen molar-refractivity contribution in [1.29, 1.82) is 0 Å². The fourth-order valence-electron chi connectivity index (χ4n) is 3.54. The monoisotopic (exact) mass is 394 g/mol. The number of hydrogen-bond acceptors (Lipinski definition) is 5. The molecule has 0 spiro atoms. The number of nitrogens with one attached hydrogen (secondary N) is 2. The van der Waals surface area contributed by atoms with E-state index < -0.39 is 19.8 Å². The Kier molecular flexibility index (Phi) is 7.29. The third-order valence-electron chi connectivity index (χ3n) is 4.77. The summed E-state index contributed by atoms with van der Waals surface area (Å²) >= 11 is 0. The predicted molar refractivity (Wildman–Crippen MR) is 121 cm³/mol. The molecule has 3 aromatic carbocycles. The summed E-state index contributed by atoms with van der Waals surface area (Å²) in [5.41, 5.74) is 17.2. The smallest absolute Gasteiger partial charge is 0.113 e. The van der Waals surface area contributed by atoms with Crippen molar-refractivity contribution in [2.75, 3.05) is 12.7 Å². The first-order valence-electron chi connectivity index (χ1n) is 9.44. The van der Waals surface area contributed by atoms with Crippen LogP contribution in [0.5, 0.6) is 0 Å². The van der Waals surface area contributed by atoms with E-state index in [1.165, 1.54) is 15.9 Å². The Morgan fingerprint density at radius 1 is 0.643 bits per heavy atom. The summed E-state index contributed by atoms with van der Waals surface area (Å²) < 4.78 is 0. The highest BCUT2D eigenvalue weighted by Crippen LogP contribution is 2.54. The van der Waals surface area contributed by atoms with Crippen molar-refractivity contribution in [1.82, 2.24) is 10.6 Å². The average molecular weight is 394 g/mol. The summed E-state index contributed by atoms with van der Waals surface area (Å²) in [7, 11) is -1.85. The minimum atomic E-state index is -1.85. The number of benzene rings is 3. The van der Waals surface area contributed by atoms with Crippen LogP contribution in [-0.4, -0.2) is 25.3 Å². The number of nitrogens with two attached hydrogens (primary N) is 3. The lowest BCUT2D eigenvalue weighted by Gasteiger charge is -2.28. The summed E-state index contributed by atoms with van der Waals surface area (Å²) in [6, 6.07) is 32.3. The highest BCUT2D eigenvalue weighted by molar-refractivity contribution is 7.95. The van der Waals surface area contributed by atoms with Crippen molar-refractivity contribution in [3.63, 3.8) is 0 Å². The number of hydrogen-bond donors (Lipinski definition) is 5. The molecule has 28 heavy (non-hydrogen) atoms. The SMILES string of the molecule is NC(N)NC(N)NCC[P+](c1ccccc1)(c1ccccc1)c1ccccc1. The van der Waals surface area contributed by atoms with Crippen LogP contribution in [0.4, 0.5) is 0 Å². The van der Waals surface area contributed by atoms with Gasteiger partial charge in [0, 0.05) is 6.54 Å². The lowest BCUT2D eigenvalue weighted by molar-refractivity contribution is 0.394. The lowest BCUT2D eigenvalue weighted by atomic mass is 10.4.